The first-order valence-electron chi connectivity index (χ1n) is 13.4. The third kappa shape index (κ3) is 3.09. The first-order valence-corrected chi connectivity index (χ1v) is 14.2. The van der Waals surface area contributed by atoms with Crippen molar-refractivity contribution in [2.75, 3.05) is 16.4 Å². The van der Waals surface area contributed by atoms with Gasteiger partial charge in [0, 0.05) is 11.0 Å². The number of esters is 1. The van der Waals surface area contributed by atoms with E-state index in [9.17, 15) is 24.0 Å². The fourth-order valence-electron chi connectivity index (χ4n) is 7.63. The number of hydrogen-bond donors (Lipinski definition) is 0. The second kappa shape index (κ2) is 8.70. The molecule has 0 aromatic heterocycles. The zero-order chi connectivity index (χ0) is 28.9. The summed E-state index contributed by atoms with van der Waals surface area (Å²) in [6.07, 6.45) is 0. The molecule has 3 aliphatic carbocycles. The fraction of sp³-hybridized carbons (Fsp3) is 0.387. The number of amides is 4. The van der Waals surface area contributed by atoms with Crippen LogP contribution in [0.4, 0.5) is 11.4 Å². The Balaban J connectivity index is 1.58. The molecule has 206 valence electrons. The first kappa shape index (κ1) is 26.6. The number of aryl methyl sites for hydroxylation is 2. The lowest BCUT2D eigenvalue weighted by atomic mass is 9.43. The molecule has 2 saturated heterocycles. The van der Waals surface area contributed by atoms with Crippen LogP contribution in [0.15, 0.2) is 59.7 Å². The Hall–Kier alpha value is -3.59. The van der Waals surface area contributed by atoms with Gasteiger partial charge in [-0.25, -0.2) is 14.6 Å². The van der Waals surface area contributed by atoms with E-state index in [1.807, 2.05) is 38.1 Å². The van der Waals surface area contributed by atoms with Crippen LogP contribution in [0.2, 0.25) is 0 Å². The second-order valence-electron chi connectivity index (χ2n) is 11.4. The average molecular weight is 605 g/mol. The van der Waals surface area contributed by atoms with Crippen molar-refractivity contribution in [3.8, 4) is 0 Å². The smallest absolute Gasteiger partial charge is 0.334 e. The molecular weight excluding hydrogens is 576 g/mol. The summed E-state index contributed by atoms with van der Waals surface area (Å²) in [7, 11) is 0. The van der Waals surface area contributed by atoms with Crippen LogP contribution in [0.5, 0.6) is 0 Å². The number of hydrogen-bond acceptors (Lipinski definition) is 6. The number of imide groups is 2. The van der Waals surface area contributed by atoms with Gasteiger partial charge in [0.05, 0.1) is 46.0 Å². The maximum atomic E-state index is 14.3. The van der Waals surface area contributed by atoms with Gasteiger partial charge in [-0.05, 0) is 57.5 Å². The SMILES string of the molecule is CCOC(=O)C1=C(C)C2(Br)[C@@H]3C(=O)N(c4ccc(C)cc4)C(=O)C3C1(C)[C@@H]1C(=O)N(c3ccc(C)cc3)C(=O)[C@H]12. The van der Waals surface area contributed by atoms with Crippen molar-refractivity contribution < 1.29 is 28.7 Å². The summed E-state index contributed by atoms with van der Waals surface area (Å²) in [5.41, 5.74) is 1.94. The molecule has 2 bridgehead atoms. The molecule has 2 heterocycles. The quantitative estimate of drug-likeness (QED) is 0.294. The van der Waals surface area contributed by atoms with Crippen LogP contribution in [-0.2, 0) is 28.7 Å². The third-order valence-electron chi connectivity index (χ3n) is 9.36. The van der Waals surface area contributed by atoms with Crippen LogP contribution in [0, 0.1) is 42.9 Å². The number of ether oxygens (including phenoxy) is 1. The van der Waals surface area contributed by atoms with Crippen molar-refractivity contribution in [3.05, 3.63) is 70.8 Å². The molecule has 9 heteroatoms. The lowest BCUT2D eigenvalue weighted by Gasteiger charge is -2.59. The predicted octanol–water partition coefficient (Wildman–Crippen LogP) is 4.26. The van der Waals surface area contributed by atoms with E-state index in [0.29, 0.717) is 16.9 Å². The van der Waals surface area contributed by atoms with Gasteiger partial charge in [0.1, 0.15) is 0 Å². The highest BCUT2D eigenvalue weighted by atomic mass is 79.9. The van der Waals surface area contributed by atoms with E-state index in [2.05, 4.69) is 15.9 Å². The highest BCUT2D eigenvalue weighted by Crippen LogP contribution is 2.72. The topological polar surface area (TPSA) is 101 Å². The Morgan fingerprint density at radius 1 is 0.750 bits per heavy atom. The molecule has 0 radical (unpaired) electrons. The molecule has 7 rings (SSSR count). The van der Waals surface area contributed by atoms with Gasteiger partial charge in [-0.1, -0.05) is 58.2 Å². The van der Waals surface area contributed by atoms with Crippen LogP contribution in [-0.4, -0.2) is 40.5 Å². The van der Waals surface area contributed by atoms with Crippen molar-refractivity contribution in [2.24, 2.45) is 29.1 Å². The Kier molecular flexibility index (Phi) is 5.79. The van der Waals surface area contributed by atoms with E-state index in [0.717, 1.165) is 20.9 Å². The molecule has 2 aliphatic heterocycles. The largest absolute Gasteiger partial charge is 0.463 e. The molecule has 6 atom stereocenters. The van der Waals surface area contributed by atoms with Gasteiger partial charge in [-0.2, -0.15) is 0 Å². The minimum Gasteiger partial charge on any atom is -0.463 e. The maximum absolute atomic E-state index is 14.3. The number of halogens is 1. The Labute approximate surface area is 240 Å². The van der Waals surface area contributed by atoms with Gasteiger partial charge < -0.3 is 4.74 Å². The number of carbonyl (C=O) groups is 5. The van der Waals surface area contributed by atoms with Gasteiger partial charge in [0.15, 0.2) is 0 Å². The van der Waals surface area contributed by atoms with Gasteiger partial charge in [0.25, 0.3) is 0 Å². The summed E-state index contributed by atoms with van der Waals surface area (Å²) >= 11 is 3.79. The maximum Gasteiger partial charge on any atom is 0.334 e. The molecule has 3 unspecified atom stereocenters. The number of allylic oxidation sites excluding steroid dienone is 1. The Morgan fingerprint density at radius 3 is 1.50 bits per heavy atom. The van der Waals surface area contributed by atoms with Crippen LogP contribution in [0.3, 0.4) is 0 Å². The predicted molar refractivity (Wildman–Crippen MR) is 150 cm³/mol. The van der Waals surface area contributed by atoms with Gasteiger partial charge in [-0.15, -0.1) is 0 Å². The zero-order valence-electron chi connectivity index (χ0n) is 22.9. The number of carbonyl (C=O) groups excluding carboxylic acids is 5. The molecule has 8 nitrogen and oxygen atoms in total. The normalized spacial score (nSPS) is 32.6. The van der Waals surface area contributed by atoms with Crippen LogP contribution in [0.25, 0.3) is 0 Å². The fourth-order valence-corrected chi connectivity index (χ4v) is 8.75. The molecule has 2 aromatic carbocycles. The molecule has 5 aliphatic rings. The van der Waals surface area contributed by atoms with Crippen molar-refractivity contribution >= 4 is 56.9 Å². The number of anilines is 2. The monoisotopic (exact) mass is 604 g/mol. The molecule has 0 N–H and O–H groups in total. The molecule has 40 heavy (non-hydrogen) atoms. The van der Waals surface area contributed by atoms with Gasteiger partial charge in [-0.3, -0.25) is 19.2 Å². The van der Waals surface area contributed by atoms with Crippen molar-refractivity contribution in [3.63, 3.8) is 0 Å². The standard InChI is InChI=1S/C31H29BrN2O6/c1-6-40-29(39)20-17(4)31(32)23-21(25(35)33(27(23)37)18-11-7-15(2)8-12-18)30(20,5)22-24(31)28(38)34(26(22)36)19-13-9-16(3)10-14-19/h7-14,21-24H,6H2,1-5H3/t21-,22?,23-,24-,30?,31?/m0/s1. The third-order valence-corrected chi connectivity index (χ3v) is 10.9. The number of nitrogens with zero attached hydrogens (tertiary/aromatic N) is 2. The number of alkyl halides is 1. The van der Waals surface area contributed by atoms with E-state index >= 15 is 0 Å². The second-order valence-corrected chi connectivity index (χ2v) is 12.7. The van der Waals surface area contributed by atoms with E-state index < -0.39 is 63.0 Å². The van der Waals surface area contributed by atoms with Crippen molar-refractivity contribution in [1.29, 1.82) is 0 Å². The summed E-state index contributed by atoms with van der Waals surface area (Å²) < 4.78 is 4.00. The first-order chi connectivity index (χ1) is 18.9. The lowest BCUT2D eigenvalue weighted by Crippen LogP contribution is -2.67. The van der Waals surface area contributed by atoms with E-state index in [1.165, 1.54) is 0 Å². The summed E-state index contributed by atoms with van der Waals surface area (Å²) in [6, 6.07) is 14.1. The summed E-state index contributed by atoms with van der Waals surface area (Å²) in [5, 5.41) is 0. The minimum absolute atomic E-state index is 0.0912. The van der Waals surface area contributed by atoms with Gasteiger partial charge >= 0.3 is 5.97 Å². The highest BCUT2D eigenvalue weighted by molar-refractivity contribution is 9.10. The molecule has 1 saturated carbocycles. The highest BCUT2D eigenvalue weighted by Gasteiger charge is 2.81. The summed E-state index contributed by atoms with van der Waals surface area (Å²) in [4.78, 5) is 72.8. The lowest BCUT2D eigenvalue weighted by molar-refractivity contribution is -0.152. The molecule has 4 amide bonds. The number of rotatable bonds is 4. The Bertz CT molecular complexity index is 1450. The molecular formula is C31H29BrN2O6. The molecule has 0 spiro atoms. The van der Waals surface area contributed by atoms with Crippen molar-refractivity contribution in [1.82, 2.24) is 0 Å². The summed E-state index contributed by atoms with van der Waals surface area (Å²) in [5.74, 6) is -6.67. The van der Waals surface area contributed by atoms with E-state index in [-0.39, 0.29) is 12.2 Å². The van der Waals surface area contributed by atoms with Crippen molar-refractivity contribution in [2.45, 2.75) is 38.9 Å². The minimum atomic E-state index is -1.46. The zero-order valence-corrected chi connectivity index (χ0v) is 24.4. The summed E-state index contributed by atoms with van der Waals surface area (Å²) in [6.45, 7) is 8.96. The average Bonchev–Trinajstić information content (AvgIpc) is 3.34. The van der Waals surface area contributed by atoms with E-state index in [1.54, 1.807) is 45.0 Å². The number of benzene rings is 2. The Morgan fingerprint density at radius 2 is 1.12 bits per heavy atom. The van der Waals surface area contributed by atoms with Gasteiger partial charge in [0.2, 0.25) is 23.6 Å². The van der Waals surface area contributed by atoms with Crippen LogP contribution in [0.1, 0.15) is 31.9 Å². The molecule has 3 fully saturated rings. The van der Waals surface area contributed by atoms with E-state index in [4.69, 9.17) is 4.74 Å². The van der Waals surface area contributed by atoms with Crippen LogP contribution >= 0.6 is 15.9 Å². The van der Waals surface area contributed by atoms with Crippen LogP contribution < -0.4 is 9.80 Å². The molecule has 2 aromatic rings.